The molecule has 1 aliphatic heterocycles. The SMILES string of the molecule is O=C(O)NCC1CCNc2cccnc21. The van der Waals surface area contributed by atoms with Gasteiger partial charge in [0.05, 0.1) is 11.4 Å². The number of nitrogens with zero attached hydrogens (tertiary/aromatic N) is 1. The van der Waals surface area contributed by atoms with Gasteiger partial charge in [-0.15, -0.1) is 0 Å². The summed E-state index contributed by atoms with van der Waals surface area (Å²) in [5.41, 5.74) is 1.97. The van der Waals surface area contributed by atoms with Crippen LogP contribution in [0.15, 0.2) is 18.3 Å². The number of amides is 1. The van der Waals surface area contributed by atoms with Gasteiger partial charge in [-0.3, -0.25) is 4.98 Å². The van der Waals surface area contributed by atoms with E-state index in [0.717, 1.165) is 24.3 Å². The molecule has 5 heteroatoms. The van der Waals surface area contributed by atoms with Crippen LogP contribution in [0.4, 0.5) is 10.5 Å². The zero-order chi connectivity index (χ0) is 10.7. The summed E-state index contributed by atoms with van der Waals surface area (Å²) in [5, 5.41) is 14.2. The first-order valence-corrected chi connectivity index (χ1v) is 4.93. The molecule has 0 aliphatic carbocycles. The van der Waals surface area contributed by atoms with Gasteiger partial charge in [0.2, 0.25) is 0 Å². The lowest BCUT2D eigenvalue weighted by atomic mass is 9.96. The Kier molecular flexibility index (Phi) is 2.71. The third-order valence-corrected chi connectivity index (χ3v) is 2.53. The summed E-state index contributed by atoms with van der Waals surface area (Å²) >= 11 is 0. The molecule has 0 radical (unpaired) electrons. The number of pyridine rings is 1. The number of hydrogen-bond acceptors (Lipinski definition) is 3. The average molecular weight is 207 g/mol. The maximum absolute atomic E-state index is 10.4. The maximum Gasteiger partial charge on any atom is 0.404 e. The molecule has 80 valence electrons. The van der Waals surface area contributed by atoms with Crippen LogP contribution in [0.25, 0.3) is 0 Å². The molecule has 1 unspecified atom stereocenters. The van der Waals surface area contributed by atoms with Gasteiger partial charge >= 0.3 is 6.09 Å². The van der Waals surface area contributed by atoms with Crippen molar-refractivity contribution < 1.29 is 9.90 Å². The first kappa shape index (κ1) is 9.76. The maximum atomic E-state index is 10.4. The molecule has 0 fully saturated rings. The van der Waals surface area contributed by atoms with E-state index in [-0.39, 0.29) is 5.92 Å². The van der Waals surface area contributed by atoms with Crippen LogP contribution in [0.1, 0.15) is 18.0 Å². The predicted molar refractivity (Wildman–Crippen MR) is 56.1 cm³/mol. The summed E-state index contributed by atoms with van der Waals surface area (Å²) in [4.78, 5) is 14.7. The van der Waals surface area contributed by atoms with Crippen molar-refractivity contribution in [1.29, 1.82) is 0 Å². The molecule has 0 bridgehead atoms. The molecular weight excluding hydrogens is 194 g/mol. The lowest BCUT2D eigenvalue weighted by Gasteiger charge is -2.25. The summed E-state index contributed by atoms with van der Waals surface area (Å²) in [6.45, 7) is 1.30. The first-order valence-electron chi connectivity index (χ1n) is 4.93. The number of nitrogens with one attached hydrogen (secondary N) is 2. The lowest BCUT2D eigenvalue weighted by molar-refractivity contribution is 0.193. The number of rotatable bonds is 2. The second kappa shape index (κ2) is 4.16. The highest BCUT2D eigenvalue weighted by Gasteiger charge is 2.21. The molecule has 2 rings (SSSR count). The Hall–Kier alpha value is -1.78. The summed E-state index contributed by atoms with van der Waals surface area (Å²) in [6.07, 6.45) is 1.66. The third-order valence-electron chi connectivity index (χ3n) is 2.53. The highest BCUT2D eigenvalue weighted by Crippen LogP contribution is 2.28. The number of fused-ring (bicyclic) bond motifs is 1. The molecule has 0 saturated heterocycles. The highest BCUT2D eigenvalue weighted by molar-refractivity contribution is 5.64. The van der Waals surface area contributed by atoms with Crippen molar-refractivity contribution in [3.63, 3.8) is 0 Å². The Morgan fingerprint density at radius 1 is 1.73 bits per heavy atom. The van der Waals surface area contributed by atoms with Crippen molar-refractivity contribution in [2.75, 3.05) is 18.4 Å². The van der Waals surface area contributed by atoms with Crippen molar-refractivity contribution >= 4 is 11.8 Å². The zero-order valence-electron chi connectivity index (χ0n) is 8.23. The molecule has 2 heterocycles. The monoisotopic (exact) mass is 207 g/mol. The largest absolute Gasteiger partial charge is 0.465 e. The molecule has 1 aromatic rings. The minimum absolute atomic E-state index is 0.179. The zero-order valence-corrected chi connectivity index (χ0v) is 8.23. The number of carboxylic acid groups (broad SMARTS) is 1. The average Bonchev–Trinajstić information content (AvgIpc) is 2.26. The van der Waals surface area contributed by atoms with Gasteiger partial charge in [-0.1, -0.05) is 0 Å². The second-order valence-electron chi connectivity index (χ2n) is 3.53. The fraction of sp³-hybridized carbons (Fsp3) is 0.400. The van der Waals surface area contributed by atoms with E-state index in [9.17, 15) is 4.79 Å². The summed E-state index contributed by atoms with van der Waals surface area (Å²) in [5.74, 6) is 0.179. The molecule has 0 saturated carbocycles. The van der Waals surface area contributed by atoms with Gasteiger partial charge in [0, 0.05) is 25.2 Å². The van der Waals surface area contributed by atoms with Gasteiger partial charge in [0.15, 0.2) is 0 Å². The molecule has 1 atom stereocenters. The van der Waals surface area contributed by atoms with E-state index < -0.39 is 6.09 Å². The molecular formula is C10H13N3O2. The molecule has 1 amide bonds. The normalized spacial score (nSPS) is 18.8. The van der Waals surface area contributed by atoms with Crippen molar-refractivity contribution in [1.82, 2.24) is 10.3 Å². The van der Waals surface area contributed by atoms with E-state index in [1.165, 1.54) is 0 Å². The van der Waals surface area contributed by atoms with E-state index in [0.29, 0.717) is 6.54 Å². The van der Waals surface area contributed by atoms with Gasteiger partial charge in [0.1, 0.15) is 0 Å². The van der Waals surface area contributed by atoms with Crippen LogP contribution >= 0.6 is 0 Å². The minimum Gasteiger partial charge on any atom is -0.465 e. The summed E-state index contributed by atoms with van der Waals surface area (Å²) in [6, 6.07) is 3.84. The van der Waals surface area contributed by atoms with Crippen LogP contribution in [0.3, 0.4) is 0 Å². The Balaban J connectivity index is 2.11. The minimum atomic E-state index is -0.981. The second-order valence-corrected chi connectivity index (χ2v) is 3.53. The fourth-order valence-electron chi connectivity index (χ4n) is 1.82. The number of aromatic nitrogens is 1. The predicted octanol–water partition coefficient (Wildman–Crippen LogP) is 1.25. The fourth-order valence-corrected chi connectivity index (χ4v) is 1.82. The van der Waals surface area contributed by atoms with Crippen LogP contribution in [-0.2, 0) is 0 Å². The van der Waals surface area contributed by atoms with Gasteiger partial charge < -0.3 is 15.7 Å². The van der Waals surface area contributed by atoms with Crippen LogP contribution < -0.4 is 10.6 Å². The molecule has 0 spiro atoms. The van der Waals surface area contributed by atoms with Gasteiger partial charge in [-0.05, 0) is 18.6 Å². The molecule has 5 nitrogen and oxygen atoms in total. The Morgan fingerprint density at radius 2 is 2.60 bits per heavy atom. The van der Waals surface area contributed by atoms with Crippen molar-refractivity contribution in [3.05, 3.63) is 24.0 Å². The van der Waals surface area contributed by atoms with Crippen molar-refractivity contribution in [2.45, 2.75) is 12.3 Å². The molecule has 0 aromatic carbocycles. The molecule has 1 aliphatic rings. The van der Waals surface area contributed by atoms with Crippen molar-refractivity contribution in [2.24, 2.45) is 0 Å². The Morgan fingerprint density at radius 3 is 3.40 bits per heavy atom. The van der Waals surface area contributed by atoms with Crippen LogP contribution in [-0.4, -0.2) is 29.3 Å². The smallest absolute Gasteiger partial charge is 0.404 e. The van der Waals surface area contributed by atoms with Gasteiger partial charge in [0.25, 0.3) is 0 Å². The van der Waals surface area contributed by atoms with Gasteiger partial charge in [-0.25, -0.2) is 4.79 Å². The number of carbonyl (C=O) groups is 1. The number of anilines is 1. The number of hydrogen-bond donors (Lipinski definition) is 3. The lowest BCUT2D eigenvalue weighted by Crippen LogP contribution is -2.30. The van der Waals surface area contributed by atoms with E-state index in [1.54, 1.807) is 6.20 Å². The van der Waals surface area contributed by atoms with E-state index in [2.05, 4.69) is 15.6 Å². The molecule has 1 aromatic heterocycles. The van der Waals surface area contributed by atoms with E-state index in [4.69, 9.17) is 5.11 Å². The Labute approximate surface area is 87.5 Å². The summed E-state index contributed by atoms with van der Waals surface area (Å²) < 4.78 is 0. The summed E-state index contributed by atoms with van der Waals surface area (Å²) in [7, 11) is 0. The highest BCUT2D eigenvalue weighted by atomic mass is 16.4. The van der Waals surface area contributed by atoms with Gasteiger partial charge in [-0.2, -0.15) is 0 Å². The van der Waals surface area contributed by atoms with E-state index >= 15 is 0 Å². The van der Waals surface area contributed by atoms with Crippen LogP contribution in [0, 0.1) is 0 Å². The molecule has 3 N–H and O–H groups in total. The standard InChI is InChI=1S/C10H13N3O2/c14-10(15)13-6-7-3-5-11-8-2-1-4-12-9(7)8/h1-2,4,7,11,13H,3,5-6H2,(H,14,15). The topological polar surface area (TPSA) is 74.2 Å². The first-order chi connectivity index (χ1) is 7.27. The van der Waals surface area contributed by atoms with Crippen LogP contribution in [0.2, 0.25) is 0 Å². The Bertz CT molecular complexity index is 367. The van der Waals surface area contributed by atoms with Crippen LogP contribution in [0.5, 0.6) is 0 Å². The van der Waals surface area contributed by atoms with Crippen molar-refractivity contribution in [3.8, 4) is 0 Å². The third kappa shape index (κ3) is 2.18. The van der Waals surface area contributed by atoms with E-state index in [1.807, 2.05) is 12.1 Å². The quantitative estimate of drug-likeness (QED) is 0.682. The molecule has 15 heavy (non-hydrogen) atoms.